The van der Waals surface area contributed by atoms with Gasteiger partial charge in [0.15, 0.2) is 0 Å². The number of carbonyl (C=O) groups excluding carboxylic acids is 2. The van der Waals surface area contributed by atoms with Crippen LogP contribution in [0, 0.1) is 0 Å². The van der Waals surface area contributed by atoms with Crippen molar-refractivity contribution in [3.8, 4) is 0 Å². The number of nitrogens with zero attached hydrogens (tertiary/aromatic N) is 1. The van der Waals surface area contributed by atoms with Gasteiger partial charge in [0, 0.05) is 31.7 Å². The number of hydrogen-bond acceptors (Lipinski definition) is 4. The minimum absolute atomic E-state index is 0.00630. The average Bonchev–Trinajstić information content (AvgIpc) is 2.89. The summed E-state index contributed by atoms with van der Waals surface area (Å²) in [5, 5.41) is 16.8. The number of amides is 3. The van der Waals surface area contributed by atoms with Gasteiger partial charge in [0.05, 0.1) is 0 Å². The molecule has 0 spiro atoms. The van der Waals surface area contributed by atoms with E-state index in [0.29, 0.717) is 18.5 Å². The number of urea groups is 1. The van der Waals surface area contributed by atoms with Crippen molar-refractivity contribution < 1.29 is 19.5 Å². The molecule has 112 valence electrons. The Morgan fingerprint density at radius 1 is 1.38 bits per heavy atom. The molecule has 8 heteroatoms. The molecule has 2 heterocycles. The van der Waals surface area contributed by atoms with Gasteiger partial charge < -0.3 is 21.1 Å². The van der Waals surface area contributed by atoms with Crippen LogP contribution >= 0.6 is 0 Å². The molecule has 21 heavy (non-hydrogen) atoms. The van der Waals surface area contributed by atoms with Gasteiger partial charge >= 0.3 is 12.0 Å². The van der Waals surface area contributed by atoms with Crippen LogP contribution in [-0.4, -0.2) is 40.6 Å². The van der Waals surface area contributed by atoms with Gasteiger partial charge in [0.2, 0.25) is 5.91 Å². The molecule has 0 aromatic carbocycles. The van der Waals surface area contributed by atoms with Gasteiger partial charge in [0.25, 0.3) is 0 Å². The van der Waals surface area contributed by atoms with E-state index in [1.807, 2.05) is 0 Å². The van der Waals surface area contributed by atoms with Gasteiger partial charge in [-0.1, -0.05) is 6.07 Å². The highest BCUT2D eigenvalue weighted by molar-refractivity contribution is 5.85. The highest BCUT2D eigenvalue weighted by Crippen LogP contribution is 2.05. The highest BCUT2D eigenvalue weighted by Gasteiger charge is 2.20. The zero-order chi connectivity index (χ0) is 15.2. The molecule has 8 nitrogen and oxygen atoms in total. The molecule has 1 atom stereocenters. The zero-order valence-electron chi connectivity index (χ0n) is 11.3. The standard InChI is InChI=1S/C13H16N4O4/c18-11-4-2-9(17-11)7-16-13(21)15-6-8-1-3-10(12(19)20)14-5-8/h1,3,5,9H,2,4,6-7H2,(H,17,18)(H,19,20)(H2,15,16,21). The van der Waals surface area contributed by atoms with Gasteiger partial charge in [-0.15, -0.1) is 0 Å². The van der Waals surface area contributed by atoms with Crippen molar-refractivity contribution in [2.75, 3.05) is 6.54 Å². The monoisotopic (exact) mass is 292 g/mol. The lowest BCUT2D eigenvalue weighted by Gasteiger charge is -2.12. The van der Waals surface area contributed by atoms with Crippen molar-refractivity contribution in [2.24, 2.45) is 0 Å². The lowest BCUT2D eigenvalue weighted by Crippen LogP contribution is -2.42. The topological polar surface area (TPSA) is 120 Å². The SMILES string of the molecule is O=C1CCC(CNC(=O)NCc2ccc(C(=O)O)nc2)N1. The van der Waals surface area contributed by atoms with E-state index in [-0.39, 0.29) is 30.2 Å². The number of carbonyl (C=O) groups is 3. The van der Waals surface area contributed by atoms with Crippen LogP contribution in [0.1, 0.15) is 28.9 Å². The van der Waals surface area contributed by atoms with Gasteiger partial charge in [-0.25, -0.2) is 14.6 Å². The predicted molar refractivity (Wildman–Crippen MR) is 72.6 cm³/mol. The largest absolute Gasteiger partial charge is 0.477 e. The quantitative estimate of drug-likeness (QED) is 0.602. The average molecular weight is 292 g/mol. The summed E-state index contributed by atoms with van der Waals surface area (Å²) < 4.78 is 0. The van der Waals surface area contributed by atoms with Crippen molar-refractivity contribution >= 4 is 17.9 Å². The van der Waals surface area contributed by atoms with Crippen molar-refractivity contribution in [2.45, 2.75) is 25.4 Å². The van der Waals surface area contributed by atoms with Gasteiger partial charge in [0.1, 0.15) is 5.69 Å². The third-order valence-electron chi connectivity index (χ3n) is 3.09. The molecule has 1 aliphatic heterocycles. The first-order valence-corrected chi connectivity index (χ1v) is 6.54. The Morgan fingerprint density at radius 2 is 2.19 bits per heavy atom. The van der Waals surface area contributed by atoms with Crippen molar-refractivity contribution in [1.82, 2.24) is 20.9 Å². The molecular weight excluding hydrogens is 276 g/mol. The summed E-state index contributed by atoms with van der Waals surface area (Å²) >= 11 is 0. The van der Waals surface area contributed by atoms with Crippen LogP contribution in [0.5, 0.6) is 0 Å². The lowest BCUT2D eigenvalue weighted by atomic mass is 10.2. The second-order valence-electron chi connectivity index (χ2n) is 4.72. The molecule has 1 aliphatic rings. The van der Waals surface area contributed by atoms with Crippen LogP contribution in [0.3, 0.4) is 0 Å². The van der Waals surface area contributed by atoms with Crippen LogP contribution in [0.25, 0.3) is 0 Å². The Bertz CT molecular complexity index is 544. The zero-order valence-corrected chi connectivity index (χ0v) is 11.3. The smallest absolute Gasteiger partial charge is 0.354 e. The molecule has 2 rings (SSSR count). The number of carboxylic acids is 1. The lowest BCUT2D eigenvalue weighted by molar-refractivity contribution is -0.119. The van der Waals surface area contributed by atoms with Crippen LogP contribution < -0.4 is 16.0 Å². The molecule has 1 aromatic rings. The molecule has 0 bridgehead atoms. The van der Waals surface area contributed by atoms with Crippen LogP contribution in [-0.2, 0) is 11.3 Å². The van der Waals surface area contributed by atoms with E-state index in [1.165, 1.54) is 12.3 Å². The fourth-order valence-corrected chi connectivity index (χ4v) is 1.95. The second-order valence-corrected chi connectivity index (χ2v) is 4.72. The first-order valence-electron chi connectivity index (χ1n) is 6.54. The summed E-state index contributed by atoms with van der Waals surface area (Å²) in [4.78, 5) is 37.0. The van der Waals surface area contributed by atoms with E-state index < -0.39 is 5.97 Å². The molecule has 1 aromatic heterocycles. The van der Waals surface area contributed by atoms with E-state index in [2.05, 4.69) is 20.9 Å². The Kier molecular flexibility index (Phi) is 4.70. The van der Waals surface area contributed by atoms with Crippen molar-refractivity contribution in [3.63, 3.8) is 0 Å². The first kappa shape index (κ1) is 14.8. The number of nitrogens with one attached hydrogen (secondary N) is 3. The van der Waals surface area contributed by atoms with E-state index >= 15 is 0 Å². The molecular formula is C13H16N4O4. The Balaban J connectivity index is 1.71. The number of rotatable bonds is 5. The van der Waals surface area contributed by atoms with Crippen LogP contribution in [0.15, 0.2) is 18.3 Å². The number of hydrogen-bond donors (Lipinski definition) is 4. The minimum Gasteiger partial charge on any atom is -0.477 e. The van der Waals surface area contributed by atoms with E-state index in [1.54, 1.807) is 6.07 Å². The molecule has 0 saturated carbocycles. The fourth-order valence-electron chi connectivity index (χ4n) is 1.95. The van der Waals surface area contributed by atoms with E-state index in [9.17, 15) is 14.4 Å². The molecule has 1 fully saturated rings. The van der Waals surface area contributed by atoms with Gasteiger partial charge in [-0.2, -0.15) is 0 Å². The number of carboxylic acid groups (broad SMARTS) is 1. The summed E-state index contributed by atoms with van der Waals surface area (Å²) in [6, 6.07) is 2.61. The van der Waals surface area contributed by atoms with Gasteiger partial charge in [-0.05, 0) is 18.1 Å². The van der Waals surface area contributed by atoms with Crippen molar-refractivity contribution in [1.29, 1.82) is 0 Å². The maximum absolute atomic E-state index is 11.6. The Morgan fingerprint density at radius 3 is 2.76 bits per heavy atom. The molecule has 1 saturated heterocycles. The van der Waals surface area contributed by atoms with Gasteiger partial charge in [-0.3, -0.25) is 4.79 Å². The fraction of sp³-hybridized carbons (Fsp3) is 0.385. The minimum atomic E-state index is -1.09. The van der Waals surface area contributed by atoms with E-state index in [0.717, 1.165) is 6.42 Å². The van der Waals surface area contributed by atoms with E-state index in [4.69, 9.17) is 5.11 Å². The molecule has 0 radical (unpaired) electrons. The molecule has 0 aliphatic carbocycles. The maximum Gasteiger partial charge on any atom is 0.354 e. The second kappa shape index (κ2) is 6.69. The molecule has 3 amide bonds. The third-order valence-corrected chi connectivity index (χ3v) is 3.09. The predicted octanol–water partition coefficient (Wildman–Crippen LogP) is -0.142. The number of aromatic nitrogens is 1. The maximum atomic E-state index is 11.6. The molecule has 1 unspecified atom stereocenters. The summed E-state index contributed by atoms with van der Waals surface area (Å²) in [6.07, 6.45) is 2.62. The summed E-state index contributed by atoms with van der Waals surface area (Å²) in [6.45, 7) is 0.629. The van der Waals surface area contributed by atoms with Crippen LogP contribution in [0.2, 0.25) is 0 Å². The number of pyridine rings is 1. The molecule has 4 N–H and O–H groups in total. The van der Waals surface area contributed by atoms with Crippen molar-refractivity contribution in [3.05, 3.63) is 29.6 Å². The normalized spacial score (nSPS) is 17.1. The summed E-state index contributed by atoms with van der Waals surface area (Å²) in [5.41, 5.74) is 0.657. The third kappa shape index (κ3) is 4.44. The Labute approximate surface area is 120 Å². The summed E-state index contributed by atoms with van der Waals surface area (Å²) in [5.74, 6) is -1.09. The summed E-state index contributed by atoms with van der Waals surface area (Å²) in [7, 11) is 0. The number of aromatic carboxylic acids is 1. The first-order chi connectivity index (χ1) is 10.0. The van der Waals surface area contributed by atoms with Crippen LogP contribution in [0.4, 0.5) is 4.79 Å². The highest BCUT2D eigenvalue weighted by atomic mass is 16.4. The Hall–Kier alpha value is -2.64.